The van der Waals surface area contributed by atoms with Crippen LogP contribution >= 0.6 is 15.9 Å². The SMILES string of the molecule is OC1C=Cc2c(Br)cccc21. The second-order valence-corrected chi connectivity index (χ2v) is 3.40. The number of hydrogen-bond donors (Lipinski definition) is 1. The van der Waals surface area contributed by atoms with E-state index in [2.05, 4.69) is 15.9 Å². The summed E-state index contributed by atoms with van der Waals surface area (Å²) in [5, 5.41) is 9.40. The molecule has 1 atom stereocenters. The van der Waals surface area contributed by atoms with E-state index in [4.69, 9.17) is 0 Å². The highest BCUT2D eigenvalue weighted by Gasteiger charge is 2.15. The fourth-order valence-electron chi connectivity index (χ4n) is 1.28. The van der Waals surface area contributed by atoms with Crippen molar-refractivity contribution in [1.82, 2.24) is 0 Å². The highest BCUT2D eigenvalue weighted by Crippen LogP contribution is 2.32. The average molecular weight is 211 g/mol. The normalized spacial score (nSPS) is 20.4. The minimum Gasteiger partial charge on any atom is -0.384 e. The summed E-state index contributed by atoms with van der Waals surface area (Å²) in [6, 6.07) is 5.84. The molecule has 56 valence electrons. The van der Waals surface area contributed by atoms with Crippen LogP contribution in [0, 0.1) is 0 Å². The van der Waals surface area contributed by atoms with Crippen LogP contribution in [0.5, 0.6) is 0 Å². The smallest absolute Gasteiger partial charge is 0.0981 e. The Labute approximate surface area is 73.5 Å². The van der Waals surface area contributed by atoms with Gasteiger partial charge in [0.25, 0.3) is 0 Å². The van der Waals surface area contributed by atoms with Crippen molar-refractivity contribution >= 4 is 22.0 Å². The molecule has 1 aliphatic rings. The van der Waals surface area contributed by atoms with Gasteiger partial charge in [-0.05, 0) is 17.2 Å². The van der Waals surface area contributed by atoms with Crippen molar-refractivity contribution in [2.45, 2.75) is 6.10 Å². The van der Waals surface area contributed by atoms with Gasteiger partial charge in [-0.15, -0.1) is 0 Å². The maximum absolute atomic E-state index is 9.40. The second kappa shape index (κ2) is 2.47. The predicted octanol–water partition coefficient (Wildman–Crippen LogP) is 2.51. The van der Waals surface area contributed by atoms with Crippen LogP contribution in [0.25, 0.3) is 6.08 Å². The molecular formula is C9H7BrO. The maximum atomic E-state index is 9.40. The molecule has 0 saturated heterocycles. The van der Waals surface area contributed by atoms with Crippen molar-refractivity contribution < 1.29 is 5.11 Å². The molecule has 1 aromatic rings. The standard InChI is InChI=1S/C9H7BrO/c10-8-3-1-2-7-6(8)4-5-9(7)11/h1-5,9,11H. The van der Waals surface area contributed by atoms with E-state index in [0.29, 0.717) is 0 Å². The molecule has 0 fully saturated rings. The average Bonchev–Trinajstić information content (AvgIpc) is 2.35. The first-order valence-corrected chi connectivity index (χ1v) is 4.23. The molecule has 0 radical (unpaired) electrons. The quantitative estimate of drug-likeness (QED) is 0.698. The highest BCUT2D eigenvalue weighted by molar-refractivity contribution is 9.10. The van der Waals surface area contributed by atoms with E-state index in [9.17, 15) is 5.11 Å². The van der Waals surface area contributed by atoms with Crippen LogP contribution in [-0.4, -0.2) is 5.11 Å². The third-order valence-corrected chi connectivity index (χ3v) is 2.54. The Kier molecular flexibility index (Phi) is 1.59. The van der Waals surface area contributed by atoms with Gasteiger partial charge in [0.15, 0.2) is 0 Å². The Hall–Kier alpha value is -0.600. The molecular weight excluding hydrogens is 204 g/mol. The van der Waals surface area contributed by atoms with Gasteiger partial charge in [0.2, 0.25) is 0 Å². The number of hydrogen-bond acceptors (Lipinski definition) is 1. The lowest BCUT2D eigenvalue weighted by Crippen LogP contribution is -1.89. The third-order valence-electron chi connectivity index (χ3n) is 1.85. The van der Waals surface area contributed by atoms with E-state index in [0.717, 1.165) is 15.6 Å². The molecule has 11 heavy (non-hydrogen) atoms. The largest absolute Gasteiger partial charge is 0.384 e. The molecule has 0 aliphatic heterocycles. The van der Waals surface area contributed by atoms with Crippen molar-refractivity contribution in [3.63, 3.8) is 0 Å². The highest BCUT2D eigenvalue weighted by atomic mass is 79.9. The number of rotatable bonds is 0. The first-order valence-electron chi connectivity index (χ1n) is 3.44. The summed E-state index contributed by atoms with van der Waals surface area (Å²) in [6.07, 6.45) is 3.31. The monoisotopic (exact) mass is 210 g/mol. The molecule has 2 heteroatoms. The first-order chi connectivity index (χ1) is 5.29. The predicted molar refractivity (Wildman–Crippen MR) is 48.1 cm³/mol. The van der Waals surface area contributed by atoms with E-state index in [1.807, 2.05) is 24.3 Å². The summed E-state index contributed by atoms with van der Waals surface area (Å²) in [5.41, 5.74) is 2.08. The Morgan fingerprint density at radius 1 is 1.36 bits per heavy atom. The summed E-state index contributed by atoms with van der Waals surface area (Å²) in [6.45, 7) is 0. The van der Waals surface area contributed by atoms with Crippen molar-refractivity contribution in [3.8, 4) is 0 Å². The van der Waals surface area contributed by atoms with Crippen LogP contribution in [0.3, 0.4) is 0 Å². The molecule has 1 aromatic carbocycles. The molecule has 1 nitrogen and oxygen atoms in total. The minimum atomic E-state index is -0.414. The Bertz CT molecular complexity index is 317. The Balaban J connectivity index is 2.65. The van der Waals surface area contributed by atoms with Crippen molar-refractivity contribution in [3.05, 3.63) is 39.9 Å². The lowest BCUT2D eigenvalue weighted by molar-refractivity contribution is 0.232. The van der Waals surface area contributed by atoms with Crippen LogP contribution in [-0.2, 0) is 0 Å². The molecule has 1 unspecified atom stereocenters. The molecule has 0 heterocycles. The summed E-state index contributed by atoms with van der Waals surface area (Å²) < 4.78 is 1.04. The topological polar surface area (TPSA) is 20.2 Å². The van der Waals surface area contributed by atoms with E-state index in [1.165, 1.54) is 0 Å². The summed E-state index contributed by atoms with van der Waals surface area (Å²) in [4.78, 5) is 0. The van der Waals surface area contributed by atoms with Gasteiger partial charge in [0.1, 0.15) is 0 Å². The molecule has 1 N–H and O–H groups in total. The number of aliphatic hydroxyl groups is 1. The molecule has 0 amide bonds. The number of halogens is 1. The van der Waals surface area contributed by atoms with Crippen LogP contribution in [0.1, 0.15) is 17.2 Å². The molecule has 0 bridgehead atoms. The zero-order valence-corrected chi connectivity index (χ0v) is 7.38. The lowest BCUT2D eigenvalue weighted by Gasteiger charge is -2.03. The Morgan fingerprint density at radius 3 is 2.91 bits per heavy atom. The van der Waals surface area contributed by atoms with E-state index >= 15 is 0 Å². The molecule has 0 saturated carbocycles. The van der Waals surface area contributed by atoms with Crippen molar-refractivity contribution in [2.24, 2.45) is 0 Å². The van der Waals surface area contributed by atoms with Crippen LogP contribution in [0.4, 0.5) is 0 Å². The zero-order chi connectivity index (χ0) is 7.84. The maximum Gasteiger partial charge on any atom is 0.0981 e. The van der Waals surface area contributed by atoms with Crippen LogP contribution < -0.4 is 0 Å². The van der Waals surface area contributed by atoms with Gasteiger partial charge in [-0.3, -0.25) is 0 Å². The van der Waals surface area contributed by atoms with Crippen LogP contribution in [0.15, 0.2) is 28.7 Å². The van der Waals surface area contributed by atoms with E-state index in [-0.39, 0.29) is 0 Å². The van der Waals surface area contributed by atoms with Crippen LogP contribution in [0.2, 0.25) is 0 Å². The van der Waals surface area contributed by atoms with E-state index < -0.39 is 6.10 Å². The van der Waals surface area contributed by atoms with Gasteiger partial charge in [0, 0.05) is 4.47 Å². The molecule has 1 aliphatic carbocycles. The lowest BCUT2D eigenvalue weighted by atomic mass is 10.1. The zero-order valence-electron chi connectivity index (χ0n) is 5.79. The van der Waals surface area contributed by atoms with Gasteiger partial charge in [-0.1, -0.05) is 40.2 Å². The number of benzene rings is 1. The van der Waals surface area contributed by atoms with Gasteiger partial charge in [0.05, 0.1) is 6.10 Å². The van der Waals surface area contributed by atoms with Crippen molar-refractivity contribution in [1.29, 1.82) is 0 Å². The molecule has 2 rings (SSSR count). The summed E-state index contributed by atoms with van der Waals surface area (Å²) >= 11 is 3.41. The van der Waals surface area contributed by atoms with Gasteiger partial charge in [-0.2, -0.15) is 0 Å². The van der Waals surface area contributed by atoms with Gasteiger partial charge in [-0.25, -0.2) is 0 Å². The molecule has 0 aromatic heterocycles. The van der Waals surface area contributed by atoms with E-state index in [1.54, 1.807) is 6.08 Å². The number of aliphatic hydroxyl groups excluding tert-OH is 1. The van der Waals surface area contributed by atoms with Gasteiger partial charge >= 0.3 is 0 Å². The number of fused-ring (bicyclic) bond motifs is 1. The Morgan fingerprint density at radius 2 is 2.18 bits per heavy atom. The van der Waals surface area contributed by atoms with Crippen molar-refractivity contribution in [2.75, 3.05) is 0 Å². The second-order valence-electron chi connectivity index (χ2n) is 2.55. The summed E-state index contributed by atoms with van der Waals surface area (Å²) in [7, 11) is 0. The van der Waals surface area contributed by atoms with Gasteiger partial charge < -0.3 is 5.11 Å². The summed E-state index contributed by atoms with van der Waals surface area (Å²) in [5.74, 6) is 0. The minimum absolute atomic E-state index is 0.414. The third kappa shape index (κ3) is 1.03. The fraction of sp³-hybridized carbons (Fsp3) is 0.111. The molecule has 0 spiro atoms. The fourth-order valence-corrected chi connectivity index (χ4v) is 1.79. The first kappa shape index (κ1) is 7.07.